The maximum Gasteiger partial charge on any atom is -0.0167 e. The summed E-state index contributed by atoms with van der Waals surface area (Å²) in [6, 6.07) is 0. The normalized spacial score (nSPS) is 21.3. The molecule has 0 spiro atoms. The van der Waals surface area contributed by atoms with Crippen LogP contribution in [0, 0.1) is 6.42 Å². The van der Waals surface area contributed by atoms with Crippen LogP contribution in [0.15, 0.2) is 24.3 Å². The van der Waals surface area contributed by atoms with E-state index < -0.39 is 0 Å². The van der Waals surface area contributed by atoms with Gasteiger partial charge < -0.3 is 0 Å². The van der Waals surface area contributed by atoms with Gasteiger partial charge in [0.2, 0.25) is 0 Å². The Kier molecular flexibility index (Phi) is 5.70. The molecule has 0 aromatic heterocycles. The molecule has 0 aromatic rings. The lowest BCUT2D eigenvalue weighted by molar-refractivity contribution is 0.694. The SMILES string of the molecule is [CH]1C=CCCCCCC=CCC1. The molecule has 0 N–H and O–H groups in total. The molecule has 0 bridgehead atoms. The van der Waals surface area contributed by atoms with Gasteiger partial charge in [-0.3, -0.25) is 0 Å². The van der Waals surface area contributed by atoms with Crippen LogP contribution < -0.4 is 0 Å². The van der Waals surface area contributed by atoms with Crippen molar-refractivity contribution in [3.05, 3.63) is 30.7 Å². The molecule has 67 valence electrons. The molecule has 0 aliphatic heterocycles. The van der Waals surface area contributed by atoms with Gasteiger partial charge in [0.05, 0.1) is 0 Å². The van der Waals surface area contributed by atoms with Crippen molar-refractivity contribution in [2.24, 2.45) is 0 Å². The van der Waals surface area contributed by atoms with Gasteiger partial charge in [-0.15, -0.1) is 0 Å². The highest BCUT2D eigenvalue weighted by Crippen LogP contribution is 2.07. The molecule has 1 aliphatic rings. The molecule has 1 rings (SSSR count). The van der Waals surface area contributed by atoms with Crippen molar-refractivity contribution in [3.8, 4) is 0 Å². The van der Waals surface area contributed by atoms with Gasteiger partial charge in [-0.25, -0.2) is 0 Å². The lowest BCUT2D eigenvalue weighted by atomic mass is 10.1. The van der Waals surface area contributed by atoms with Crippen molar-refractivity contribution in [1.82, 2.24) is 0 Å². The van der Waals surface area contributed by atoms with E-state index in [-0.39, 0.29) is 0 Å². The third-order valence-electron chi connectivity index (χ3n) is 2.18. The summed E-state index contributed by atoms with van der Waals surface area (Å²) in [6.45, 7) is 0. The van der Waals surface area contributed by atoms with E-state index in [0.29, 0.717) is 0 Å². The largest absolute Gasteiger partial charge is 0.0885 e. The van der Waals surface area contributed by atoms with Gasteiger partial charge >= 0.3 is 0 Å². The second kappa shape index (κ2) is 7.15. The fourth-order valence-corrected chi connectivity index (χ4v) is 1.42. The van der Waals surface area contributed by atoms with Crippen molar-refractivity contribution in [3.63, 3.8) is 0 Å². The summed E-state index contributed by atoms with van der Waals surface area (Å²) < 4.78 is 0. The van der Waals surface area contributed by atoms with E-state index in [4.69, 9.17) is 0 Å². The molecule has 0 unspecified atom stereocenters. The molecule has 0 amide bonds. The Balaban J connectivity index is 2.19. The summed E-state index contributed by atoms with van der Waals surface area (Å²) >= 11 is 0. The average Bonchev–Trinajstić information content (AvgIpc) is 2.05. The second-order valence-electron chi connectivity index (χ2n) is 3.35. The Morgan fingerprint density at radius 1 is 0.583 bits per heavy atom. The molecule has 0 saturated carbocycles. The standard InChI is InChI=1S/C12H19/c1-2-4-6-8-10-12-11-9-7-5-3-1/h1-3,8,10H,4-7,9,11-12H2. The Labute approximate surface area is 76.4 Å². The second-order valence-corrected chi connectivity index (χ2v) is 3.35. The zero-order chi connectivity index (χ0) is 8.49. The Hall–Kier alpha value is -0.520. The molecular weight excluding hydrogens is 144 g/mol. The smallest absolute Gasteiger partial charge is 0.0167 e. The van der Waals surface area contributed by atoms with Crippen molar-refractivity contribution in [2.75, 3.05) is 0 Å². The van der Waals surface area contributed by atoms with Crippen LogP contribution in [0.4, 0.5) is 0 Å². The van der Waals surface area contributed by atoms with E-state index in [0.717, 1.165) is 0 Å². The number of hydrogen-bond donors (Lipinski definition) is 0. The zero-order valence-corrected chi connectivity index (χ0v) is 7.84. The molecule has 0 fully saturated rings. The van der Waals surface area contributed by atoms with Crippen LogP contribution in [-0.4, -0.2) is 0 Å². The number of rotatable bonds is 0. The van der Waals surface area contributed by atoms with Gasteiger partial charge in [-0.2, -0.15) is 0 Å². The first-order valence-electron chi connectivity index (χ1n) is 5.13. The first kappa shape index (κ1) is 9.57. The van der Waals surface area contributed by atoms with E-state index in [1.165, 1.54) is 44.9 Å². The Morgan fingerprint density at radius 3 is 2.25 bits per heavy atom. The Bertz CT molecular complexity index is 126. The van der Waals surface area contributed by atoms with E-state index >= 15 is 0 Å². The van der Waals surface area contributed by atoms with Crippen molar-refractivity contribution >= 4 is 0 Å². The summed E-state index contributed by atoms with van der Waals surface area (Å²) in [7, 11) is 0. The van der Waals surface area contributed by atoms with Crippen LogP contribution in [0.25, 0.3) is 0 Å². The van der Waals surface area contributed by atoms with Crippen LogP contribution in [0.3, 0.4) is 0 Å². The lowest BCUT2D eigenvalue weighted by Crippen LogP contribution is -1.78. The molecular formula is C12H19. The first-order valence-corrected chi connectivity index (χ1v) is 5.13. The topological polar surface area (TPSA) is 0 Å². The van der Waals surface area contributed by atoms with Crippen LogP contribution in [-0.2, 0) is 0 Å². The molecule has 0 saturated heterocycles. The minimum atomic E-state index is 1.20. The van der Waals surface area contributed by atoms with Crippen LogP contribution in [0.1, 0.15) is 44.9 Å². The average molecular weight is 163 g/mol. The maximum atomic E-state index is 2.33. The predicted molar refractivity (Wildman–Crippen MR) is 54.9 cm³/mol. The summed E-state index contributed by atoms with van der Waals surface area (Å²) in [5.41, 5.74) is 0. The van der Waals surface area contributed by atoms with E-state index in [9.17, 15) is 0 Å². The minimum Gasteiger partial charge on any atom is -0.0885 e. The fourth-order valence-electron chi connectivity index (χ4n) is 1.42. The molecule has 0 heteroatoms. The monoisotopic (exact) mass is 163 g/mol. The van der Waals surface area contributed by atoms with Crippen molar-refractivity contribution in [1.29, 1.82) is 0 Å². The van der Waals surface area contributed by atoms with Crippen molar-refractivity contribution < 1.29 is 0 Å². The molecule has 0 atom stereocenters. The molecule has 1 aliphatic carbocycles. The molecule has 12 heavy (non-hydrogen) atoms. The highest BCUT2D eigenvalue weighted by Gasteiger charge is 1.88. The number of hydrogen-bond acceptors (Lipinski definition) is 0. The third kappa shape index (κ3) is 5.17. The Morgan fingerprint density at radius 2 is 1.33 bits per heavy atom. The highest BCUT2D eigenvalue weighted by atomic mass is 13.9. The van der Waals surface area contributed by atoms with E-state index in [1.54, 1.807) is 0 Å². The van der Waals surface area contributed by atoms with Crippen LogP contribution in [0.2, 0.25) is 0 Å². The molecule has 0 nitrogen and oxygen atoms in total. The molecule has 0 aromatic carbocycles. The molecule has 0 heterocycles. The number of allylic oxidation sites excluding steroid dienone is 4. The third-order valence-corrected chi connectivity index (χ3v) is 2.18. The predicted octanol–water partition coefficient (Wildman–Crippen LogP) is 4.05. The van der Waals surface area contributed by atoms with E-state index in [1.807, 2.05) is 0 Å². The summed E-state index contributed by atoms with van der Waals surface area (Å²) in [5.74, 6) is 0. The van der Waals surface area contributed by atoms with Gasteiger partial charge in [-0.1, -0.05) is 30.7 Å². The van der Waals surface area contributed by atoms with Crippen LogP contribution in [0.5, 0.6) is 0 Å². The first-order chi connectivity index (χ1) is 6.00. The van der Waals surface area contributed by atoms with Gasteiger partial charge in [0.1, 0.15) is 0 Å². The fraction of sp³-hybridized carbons (Fsp3) is 0.583. The highest BCUT2D eigenvalue weighted by molar-refractivity contribution is 4.96. The summed E-state index contributed by atoms with van der Waals surface area (Å²) in [4.78, 5) is 0. The summed E-state index contributed by atoms with van der Waals surface area (Å²) in [6.07, 6.45) is 20.5. The van der Waals surface area contributed by atoms with E-state index in [2.05, 4.69) is 30.7 Å². The molecule has 1 radical (unpaired) electrons. The quantitative estimate of drug-likeness (QED) is 0.473. The van der Waals surface area contributed by atoms with Crippen molar-refractivity contribution in [2.45, 2.75) is 44.9 Å². The van der Waals surface area contributed by atoms with Gasteiger partial charge in [0.15, 0.2) is 0 Å². The lowest BCUT2D eigenvalue weighted by Gasteiger charge is -1.97. The maximum absolute atomic E-state index is 2.33. The summed E-state index contributed by atoms with van der Waals surface area (Å²) in [5, 5.41) is 0. The van der Waals surface area contributed by atoms with Gasteiger partial charge in [0, 0.05) is 0 Å². The zero-order valence-electron chi connectivity index (χ0n) is 7.84. The van der Waals surface area contributed by atoms with Crippen LogP contribution >= 0.6 is 0 Å². The van der Waals surface area contributed by atoms with Gasteiger partial charge in [-0.05, 0) is 44.9 Å². The minimum absolute atomic E-state index is 1.20. The van der Waals surface area contributed by atoms with Gasteiger partial charge in [0.25, 0.3) is 0 Å².